The van der Waals surface area contributed by atoms with Crippen molar-refractivity contribution in [3.05, 3.63) is 48.0 Å². The predicted octanol–water partition coefficient (Wildman–Crippen LogP) is 3.58. The fourth-order valence-corrected chi connectivity index (χ4v) is 2.86. The molecule has 3 heterocycles. The summed E-state index contributed by atoms with van der Waals surface area (Å²) in [6.45, 7) is 4.54. The number of pyridine rings is 1. The summed E-state index contributed by atoms with van der Waals surface area (Å²) < 4.78 is 10.9. The molecule has 1 saturated heterocycles. The Kier molecular flexibility index (Phi) is 4.13. The van der Waals surface area contributed by atoms with E-state index in [2.05, 4.69) is 9.88 Å². The van der Waals surface area contributed by atoms with Crippen LogP contribution in [0.1, 0.15) is 48.8 Å². The van der Waals surface area contributed by atoms with Crippen LogP contribution >= 0.6 is 0 Å². The molecule has 0 aromatic carbocycles. The molecule has 0 saturated carbocycles. The number of furan rings is 1. The van der Waals surface area contributed by atoms with Crippen LogP contribution in [0.25, 0.3) is 0 Å². The average molecular weight is 300 g/mol. The third-order valence-electron chi connectivity index (χ3n) is 3.75. The summed E-state index contributed by atoms with van der Waals surface area (Å²) in [5.74, 6) is 1.25. The van der Waals surface area contributed by atoms with Gasteiger partial charge in [-0.15, -0.1) is 0 Å². The lowest BCUT2D eigenvalue weighted by Crippen LogP contribution is -2.26. The number of hydrogen-bond donors (Lipinski definition) is 0. The van der Waals surface area contributed by atoms with Crippen LogP contribution in [-0.2, 0) is 4.74 Å². The molecule has 22 heavy (non-hydrogen) atoms. The van der Waals surface area contributed by atoms with Crippen LogP contribution in [0.15, 0.2) is 41.1 Å². The van der Waals surface area contributed by atoms with E-state index >= 15 is 0 Å². The van der Waals surface area contributed by atoms with Gasteiger partial charge < -0.3 is 14.1 Å². The van der Waals surface area contributed by atoms with E-state index < -0.39 is 0 Å². The zero-order chi connectivity index (χ0) is 15.5. The molecule has 1 atom stereocenters. The Labute approximate surface area is 129 Å². The normalized spacial score (nSPS) is 18.0. The Balaban J connectivity index is 1.92. The number of aromatic nitrogens is 1. The van der Waals surface area contributed by atoms with Crippen molar-refractivity contribution in [2.45, 2.75) is 38.8 Å². The van der Waals surface area contributed by atoms with Gasteiger partial charge in [-0.1, -0.05) is 0 Å². The van der Waals surface area contributed by atoms with Gasteiger partial charge in [-0.3, -0.25) is 0 Å². The van der Waals surface area contributed by atoms with Gasteiger partial charge in [0.15, 0.2) is 0 Å². The van der Waals surface area contributed by atoms with Crippen LogP contribution in [0.2, 0.25) is 0 Å². The zero-order valence-corrected chi connectivity index (χ0v) is 12.9. The number of carbonyl (C=O) groups is 1. The molecular weight excluding hydrogens is 280 g/mol. The number of esters is 1. The SMILES string of the molecule is CC(C)OC(=O)c1cccnc1N1CCCC1c1ccco1. The van der Waals surface area contributed by atoms with Crippen molar-refractivity contribution in [1.82, 2.24) is 4.98 Å². The van der Waals surface area contributed by atoms with Crippen LogP contribution in [0.5, 0.6) is 0 Å². The van der Waals surface area contributed by atoms with Gasteiger partial charge in [-0.05, 0) is 51.0 Å². The highest BCUT2D eigenvalue weighted by Crippen LogP contribution is 2.36. The third-order valence-corrected chi connectivity index (χ3v) is 3.75. The minimum Gasteiger partial charge on any atom is -0.467 e. The van der Waals surface area contributed by atoms with Crippen molar-refractivity contribution in [2.75, 3.05) is 11.4 Å². The first-order valence-electron chi connectivity index (χ1n) is 7.63. The van der Waals surface area contributed by atoms with E-state index in [-0.39, 0.29) is 18.1 Å². The third kappa shape index (κ3) is 2.84. The molecule has 2 aromatic rings. The quantitative estimate of drug-likeness (QED) is 0.808. The van der Waals surface area contributed by atoms with Crippen molar-refractivity contribution in [2.24, 2.45) is 0 Å². The van der Waals surface area contributed by atoms with E-state index in [4.69, 9.17) is 9.15 Å². The van der Waals surface area contributed by atoms with E-state index in [9.17, 15) is 4.79 Å². The molecule has 0 N–H and O–H groups in total. The van der Waals surface area contributed by atoms with Crippen LogP contribution in [0.4, 0.5) is 5.82 Å². The molecule has 1 aliphatic rings. The first kappa shape index (κ1) is 14.6. The lowest BCUT2D eigenvalue weighted by atomic mass is 10.1. The Morgan fingerprint density at radius 1 is 1.41 bits per heavy atom. The second kappa shape index (κ2) is 6.22. The minimum absolute atomic E-state index is 0.121. The Hall–Kier alpha value is -2.30. The molecule has 5 heteroatoms. The summed E-state index contributed by atoms with van der Waals surface area (Å²) in [6.07, 6.45) is 5.26. The lowest BCUT2D eigenvalue weighted by molar-refractivity contribution is 0.0378. The van der Waals surface area contributed by atoms with E-state index in [0.717, 1.165) is 25.1 Å². The molecule has 0 bridgehead atoms. The first-order chi connectivity index (χ1) is 10.7. The molecule has 116 valence electrons. The maximum atomic E-state index is 12.3. The molecule has 2 aromatic heterocycles. The molecule has 0 amide bonds. The summed E-state index contributed by atoms with van der Waals surface area (Å²) in [4.78, 5) is 18.9. The molecule has 1 unspecified atom stereocenters. The van der Waals surface area contributed by atoms with Gasteiger partial charge in [-0.25, -0.2) is 9.78 Å². The smallest absolute Gasteiger partial charge is 0.342 e. The maximum absolute atomic E-state index is 12.3. The van der Waals surface area contributed by atoms with Gasteiger partial charge >= 0.3 is 5.97 Å². The summed E-state index contributed by atoms with van der Waals surface area (Å²) >= 11 is 0. The van der Waals surface area contributed by atoms with Crippen molar-refractivity contribution >= 4 is 11.8 Å². The van der Waals surface area contributed by atoms with Gasteiger partial charge in [-0.2, -0.15) is 0 Å². The average Bonchev–Trinajstić information content (AvgIpc) is 3.17. The van der Waals surface area contributed by atoms with Crippen molar-refractivity contribution in [1.29, 1.82) is 0 Å². The van der Waals surface area contributed by atoms with E-state index in [1.165, 1.54) is 0 Å². The number of carbonyl (C=O) groups excluding carboxylic acids is 1. The van der Waals surface area contributed by atoms with Gasteiger partial charge in [0.2, 0.25) is 0 Å². The van der Waals surface area contributed by atoms with Gasteiger partial charge in [0.25, 0.3) is 0 Å². The van der Waals surface area contributed by atoms with Gasteiger partial charge in [0, 0.05) is 12.7 Å². The fraction of sp³-hybridized carbons (Fsp3) is 0.412. The van der Waals surface area contributed by atoms with Gasteiger partial charge in [0.05, 0.1) is 18.4 Å². The second-order valence-electron chi connectivity index (χ2n) is 5.70. The Bertz CT molecular complexity index is 637. The van der Waals surface area contributed by atoms with E-state index in [1.54, 1.807) is 24.6 Å². The number of anilines is 1. The highest BCUT2D eigenvalue weighted by Gasteiger charge is 2.32. The van der Waals surface area contributed by atoms with E-state index in [1.807, 2.05) is 26.0 Å². The Morgan fingerprint density at radius 3 is 3.00 bits per heavy atom. The molecule has 1 fully saturated rings. The second-order valence-corrected chi connectivity index (χ2v) is 5.70. The first-order valence-corrected chi connectivity index (χ1v) is 7.63. The van der Waals surface area contributed by atoms with Crippen molar-refractivity contribution in [3.63, 3.8) is 0 Å². The number of hydrogen-bond acceptors (Lipinski definition) is 5. The summed E-state index contributed by atoms with van der Waals surface area (Å²) in [6, 6.07) is 7.51. The molecule has 0 radical (unpaired) electrons. The fourth-order valence-electron chi connectivity index (χ4n) is 2.86. The minimum atomic E-state index is -0.330. The van der Waals surface area contributed by atoms with Crippen LogP contribution in [0.3, 0.4) is 0 Å². The largest absolute Gasteiger partial charge is 0.467 e. The highest BCUT2D eigenvalue weighted by atomic mass is 16.5. The summed E-state index contributed by atoms with van der Waals surface area (Å²) in [5.41, 5.74) is 0.509. The summed E-state index contributed by atoms with van der Waals surface area (Å²) in [5, 5.41) is 0. The van der Waals surface area contributed by atoms with Crippen LogP contribution in [-0.4, -0.2) is 23.6 Å². The standard InChI is InChI=1S/C17H20N2O3/c1-12(2)22-17(20)13-6-3-9-18-16(13)19-10-4-7-14(19)15-8-5-11-21-15/h3,5-6,8-9,11-12,14H,4,7,10H2,1-2H3. The molecule has 3 rings (SSSR count). The van der Waals surface area contributed by atoms with E-state index in [0.29, 0.717) is 11.4 Å². The molecule has 5 nitrogen and oxygen atoms in total. The molecule has 1 aliphatic heterocycles. The summed E-state index contributed by atoms with van der Waals surface area (Å²) in [7, 11) is 0. The topological polar surface area (TPSA) is 55.6 Å². The van der Waals surface area contributed by atoms with Crippen LogP contribution in [0, 0.1) is 0 Å². The number of rotatable bonds is 4. The zero-order valence-electron chi connectivity index (χ0n) is 12.9. The molecule has 0 spiro atoms. The Morgan fingerprint density at radius 2 is 2.27 bits per heavy atom. The number of nitrogens with zero attached hydrogens (tertiary/aromatic N) is 2. The van der Waals surface area contributed by atoms with Crippen LogP contribution < -0.4 is 4.90 Å². The maximum Gasteiger partial charge on any atom is 0.342 e. The number of ether oxygens (including phenoxy) is 1. The van der Waals surface area contributed by atoms with Crippen molar-refractivity contribution < 1.29 is 13.9 Å². The van der Waals surface area contributed by atoms with Gasteiger partial charge in [0.1, 0.15) is 17.1 Å². The monoisotopic (exact) mass is 300 g/mol. The predicted molar refractivity (Wildman–Crippen MR) is 82.8 cm³/mol. The van der Waals surface area contributed by atoms with Crippen molar-refractivity contribution in [3.8, 4) is 0 Å². The molecule has 0 aliphatic carbocycles. The molecular formula is C17H20N2O3. The lowest BCUT2D eigenvalue weighted by Gasteiger charge is -2.26. The highest BCUT2D eigenvalue weighted by molar-refractivity contribution is 5.95.